The van der Waals surface area contributed by atoms with Crippen LogP contribution in [-0.2, 0) is 18.0 Å². The van der Waals surface area contributed by atoms with Crippen molar-refractivity contribution in [1.29, 1.82) is 0 Å². The van der Waals surface area contributed by atoms with Crippen LogP contribution in [0.25, 0.3) is 0 Å². The molecule has 0 aliphatic rings. The van der Waals surface area contributed by atoms with Gasteiger partial charge in [-0.25, -0.2) is 4.98 Å². The first-order valence-electron chi connectivity index (χ1n) is 6.02. The fourth-order valence-electron chi connectivity index (χ4n) is 1.78. The lowest BCUT2D eigenvalue weighted by Gasteiger charge is -2.23. The summed E-state index contributed by atoms with van der Waals surface area (Å²) in [5.74, 6) is 0. The fourth-order valence-corrected chi connectivity index (χ4v) is 3.57. The number of thiazole rings is 1. The van der Waals surface area contributed by atoms with Crippen molar-refractivity contribution in [3.63, 3.8) is 0 Å². The van der Waals surface area contributed by atoms with E-state index in [4.69, 9.17) is 4.74 Å². The average Bonchev–Trinajstić information content (AvgIpc) is 3.06. The lowest BCUT2D eigenvalue weighted by molar-refractivity contribution is 0.179. The number of aromatic nitrogens is 1. The van der Waals surface area contributed by atoms with Crippen LogP contribution in [0.15, 0.2) is 17.5 Å². The third kappa shape index (κ3) is 3.14. The number of rotatable bonds is 6. The molecule has 2 rings (SSSR count). The number of hydrogen-bond donors (Lipinski definition) is 1. The van der Waals surface area contributed by atoms with Crippen LogP contribution in [0.5, 0.6) is 0 Å². The number of ether oxygens (including phenoxy) is 1. The van der Waals surface area contributed by atoms with Crippen molar-refractivity contribution < 1.29 is 9.84 Å². The molecule has 104 valence electrons. The van der Waals surface area contributed by atoms with Gasteiger partial charge in [-0.05, 0) is 18.4 Å². The largest absolute Gasteiger partial charge is 0.391 e. The molecule has 0 spiro atoms. The molecular weight excluding hydrogens is 280 g/mol. The van der Waals surface area contributed by atoms with Crippen LogP contribution in [-0.4, -0.2) is 24.2 Å². The van der Waals surface area contributed by atoms with E-state index >= 15 is 0 Å². The maximum atomic E-state index is 9.36. The number of aliphatic hydroxyl groups is 1. The van der Waals surface area contributed by atoms with E-state index in [0.29, 0.717) is 6.61 Å². The van der Waals surface area contributed by atoms with E-state index in [-0.39, 0.29) is 12.6 Å². The first-order valence-corrected chi connectivity index (χ1v) is 7.71. The van der Waals surface area contributed by atoms with Crippen LogP contribution in [0.1, 0.15) is 28.4 Å². The average molecular weight is 298 g/mol. The number of nitrogens with zero attached hydrogens (tertiary/aromatic N) is 2. The van der Waals surface area contributed by atoms with Gasteiger partial charge in [-0.1, -0.05) is 17.4 Å². The molecule has 1 N–H and O–H groups in total. The molecular formula is C13H18N2O2S2. The van der Waals surface area contributed by atoms with Crippen LogP contribution >= 0.6 is 22.7 Å². The highest BCUT2D eigenvalue weighted by Crippen LogP contribution is 2.32. The van der Waals surface area contributed by atoms with Gasteiger partial charge >= 0.3 is 0 Å². The maximum Gasteiger partial charge on any atom is 0.186 e. The number of aliphatic hydroxyl groups excluding tert-OH is 1. The van der Waals surface area contributed by atoms with Crippen molar-refractivity contribution in [3.05, 3.63) is 33.0 Å². The van der Waals surface area contributed by atoms with Crippen molar-refractivity contribution >= 4 is 27.8 Å². The zero-order valence-corrected chi connectivity index (χ0v) is 12.9. The van der Waals surface area contributed by atoms with E-state index in [1.165, 1.54) is 16.2 Å². The Morgan fingerprint density at radius 3 is 2.89 bits per heavy atom. The topological polar surface area (TPSA) is 45.6 Å². The van der Waals surface area contributed by atoms with Gasteiger partial charge in [0.2, 0.25) is 0 Å². The minimum absolute atomic E-state index is 0.0115. The Labute approximate surface area is 121 Å². The molecule has 6 heteroatoms. The van der Waals surface area contributed by atoms with Crippen LogP contribution in [0.3, 0.4) is 0 Å². The lowest BCUT2D eigenvalue weighted by Crippen LogP contribution is -2.20. The highest BCUT2D eigenvalue weighted by molar-refractivity contribution is 7.15. The fraction of sp³-hybridized carbons (Fsp3) is 0.462. The highest BCUT2D eigenvalue weighted by Gasteiger charge is 2.18. The summed E-state index contributed by atoms with van der Waals surface area (Å²) < 4.78 is 5.11. The van der Waals surface area contributed by atoms with Gasteiger partial charge in [0.15, 0.2) is 5.13 Å². The second kappa shape index (κ2) is 6.47. The maximum absolute atomic E-state index is 9.36. The summed E-state index contributed by atoms with van der Waals surface area (Å²) in [7, 11) is 3.67. The van der Waals surface area contributed by atoms with Crippen LogP contribution < -0.4 is 4.90 Å². The summed E-state index contributed by atoms with van der Waals surface area (Å²) in [6, 6.07) is 4.46. The summed E-state index contributed by atoms with van der Waals surface area (Å²) in [6.45, 7) is 2.60. The van der Waals surface area contributed by atoms with E-state index in [1.54, 1.807) is 18.4 Å². The summed E-state index contributed by atoms with van der Waals surface area (Å²) in [5, 5.41) is 12.4. The summed E-state index contributed by atoms with van der Waals surface area (Å²) in [6.07, 6.45) is 0. The Morgan fingerprint density at radius 1 is 1.53 bits per heavy atom. The van der Waals surface area contributed by atoms with E-state index in [1.807, 2.05) is 7.05 Å². The van der Waals surface area contributed by atoms with Crippen molar-refractivity contribution in [2.45, 2.75) is 26.2 Å². The normalized spacial score (nSPS) is 12.6. The minimum atomic E-state index is 0.0115. The van der Waals surface area contributed by atoms with Crippen molar-refractivity contribution in [2.75, 3.05) is 19.1 Å². The zero-order valence-electron chi connectivity index (χ0n) is 11.3. The Kier molecular flexibility index (Phi) is 4.93. The van der Waals surface area contributed by atoms with Crippen molar-refractivity contribution in [1.82, 2.24) is 4.98 Å². The molecule has 0 radical (unpaired) electrons. The highest BCUT2D eigenvalue weighted by atomic mass is 32.1. The van der Waals surface area contributed by atoms with E-state index < -0.39 is 0 Å². The SMILES string of the molecule is COCc1nc(N(C)C(C)c2cccs2)sc1CO. The van der Waals surface area contributed by atoms with Crippen LogP contribution in [0.4, 0.5) is 5.13 Å². The predicted octanol–water partition coefficient (Wildman–Crippen LogP) is 3.04. The smallest absolute Gasteiger partial charge is 0.186 e. The van der Waals surface area contributed by atoms with Gasteiger partial charge in [0.1, 0.15) is 0 Å². The third-order valence-electron chi connectivity index (χ3n) is 3.03. The summed E-state index contributed by atoms with van der Waals surface area (Å²) in [5.41, 5.74) is 0.829. The molecule has 19 heavy (non-hydrogen) atoms. The van der Waals surface area contributed by atoms with Gasteiger partial charge < -0.3 is 14.7 Å². The van der Waals surface area contributed by atoms with Crippen molar-refractivity contribution in [2.24, 2.45) is 0 Å². The predicted molar refractivity (Wildman–Crippen MR) is 79.9 cm³/mol. The number of hydrogen-bond acceptors (Lipinski definition) is 6. The van der Waals surface area contributed by atoms with E-state index in [0.717, 1.165) is 15.7 Å². The Balaban J connectivity index is 2.21. The van der Waals surface area contributed by atoms with Gasteiger partial charge in [0.05, 0.1) is 29.8 Å². The Morgan fingerprint density at radius 2 is 2.32 bits per heavy atom. The molecule has 2 aromatic rings. The summed E-state index contributed by atoms with van der Waals surface area (Å²) in [4.78, 5) is 8.88. The van der Waals surface area contributed by atoms with E-state index in [9.17, 15) is 5.11 Å². The lowest BCUT2D eigenvalue weighted by atomic mass is 10.2. The zero-order chi connectivity index (χ0) is 13.8. The molecule has 2 heterocycles. The summed E-state index contributed by atoms with van der Waals surface area (Å²) >= 11 is 3.26. The second-order valence-corrected chi connectivity index (χ2v) is 6.30. The molecule has 4 nitrogen and oxygen atoms in total. The Bertz CT molecular complexity index is 511. The molecule has 0 saturated heterocycles. The molecule has 0 aromatic carbocycles. The quantitative estimate of drug-likeness (QED) is 0.890. The minimum Gasteiger partial charge on any atom is -0.391 e. The molecule has 0 amide bonds. The molecule has 2 aromatic heterocycles. The molecule has 0 aliphatic carbocycles. The molecule has 0 fully saturated rings. The molecule has 1 atom stereocenters. The molecule has 0 bridgehead atoms. The van der Waals surface area contributed by atoms with Crippen molar-refractivity contribution in [3.8, 4) is 0 Å². The van der Waals surface area contributed by atoms with E-state index in [2.05, 4.69) is 34.3 Å². The third-order valence-corrected chi connectivity index (χ3v) is 5.24. The molecule has 1 unspecified atom stereocenters. The monoisotopic (exact) mass is 298 g/mol. The van der Waals surface area contributed by atoms with Gasteiger partial charge in [-0.2, -0.15) is 0 Å². The first-order chi connectivity index (χ1) is 9.17. The second-order valence-electron chi connectivity index (χ2n) is 4.26. The standard InChI is InChI=1S/C13H18N2O2S2/c1-9(11-5-4-6-18-11)15(2)13-14-10(8-17-3)12(7-16)19-13/h4-6,9,16H,7-8H2,1-3H3. The van der Waals surface area contributed by atoms with Gasteiger partial charge in [-0.3, -0.25) is 0 Å². The van der Waals surface area contributed by atoms with Crippen LogP contribution in [0, 0.1) is 0 Å². The van der Waals surface area contributed by atoms with Crippen LogP contribution in [0.2, 0.25) is 0 Å². The molecule has 0 saturated carbocycles. The Hall–Kier alpha value is -0.950. The number of anilines is 1. The van der Waals surface area contributed by atoms with Gasteiger partial charge in [0.25, 0.3) is 0 Å². The number of thiophene rings is 1. The number of methoxy groups -OCH3 is 1. The van der Waals surface area contributed by atoms with Gasteiger partial charge in [0, 0.05) is 19.0 Å². The van der Waals surface area contributed by atoms with Gasteiger partial charge in [-0.15, -0.1) is 11.3 Å². The first kappa shape index (κ1) is 14.5. The molecule has 0 aliphatic heterocycles.